The molecule has 2 N–H and O–H groups in total. The second-order valence-electron chi connectivity index (χ2n) is 4.46. The largest absolute Gasteiger partial charge is 0.355 e. The number of hydrogen-bond donors (Lipinski definition) is 2. The molecule has 1 fully saturated rings. The lowest BCUT2D eigenvalue weighted by atomic mass is 10.1. The maximum Gasteiger partial charge on any atom is 0.237 e. The van der Waals surface area contributed by atoms with E-state index in [1.54, 1.807) is 0 Å². The zero-order valence-corrected chi connectivity index (χ0v) is 11.5. The number of piperidine rings is 1. The zero-order chi connectivity index (χ0) is 12.3. The summed E-state index contributed by atoms with van der Waals surface area (Å²) in [6, 6.07) is 6.23. The van der Waals surface area contributed by atoms with Crippen molar-refractivity contribution in [1.29, 1.82) is 0 Å². The van der Waals surface area contributed by atoms with Crippen molar-refractivity contribution in [3.05, 3.63) is 33.8 Å². The number of carbonyl (C=O) groups is 1. The van der Waals surface area contributed by atoms with Crippen LogP contribution < -0.4 is 10.6 Å². The molecule has 1 aliphatic heterocycles. The summed E-state index contributed by atoms with van der Waals surface area (Å²) in [5.41, 5.74) is 2.42. The van der Waals surface area contributed by atoms with Crippen molar-refractivity contribution in [2.75, 3.05) is 6.54 Å². The molecule has 0 saturated carbocycles. The smallest absolute Gasteiger partial charge is 0.237 e. The van der Waals surface area contributed by atoms with Crippen molar-refractivity contribution in [3.8, 4) is 0 Å². The zero-order valence-electron chi connectivity index (χ0n) is 9.92. The lowest BCUT2D eigenvalue weighted by Crippen LogP contribution is -2.47. The van der Waals surface area contributed by atoms with E-state index in [9.17, 15) is 4.79 Å². The molecule has 4 heteroatoms. The van der Waals surface area contributed by atoms with E-state index < -0.39 is 0 Å². The highest BCUT2D eigenvalue weighted by molar-refractivity contribution is 9.10. The lowest BCUT2D eigenvalue weighted by Gasteiger charge is -2.23. The van der Waals surface area contributed by atoms with Crippen molar-refractivity contribution in [2.45, 2.75) is 32.4 Å². The lowest BCUT2D eigenvalue weighted by molar-refractivity contribution is -0.124. The van der Waals surface area contributed by atoms with Crippen molar-refractivity contribution in [2.24, 2.45) is 0 Å². The molecule has 2 rings (SSSR count). The highest BCUT2D eigenvalue weighted by atomic mass is 79.9. The highest BCUT2D eigenvalue weighted by Gasteiger charge is 2.21. The number of benzene rings is 1. The number of carbonyl (C=O) groups excluding carboxylic acids is 1. The van der Waals surface area contributed by atoms with Crippen LogP contribution in [0.15, 0.2) is 22.7 Å². The average Bonchev–Trinajstić information content (AvgIpc) is 2.30. The van der Waals surface area contributed by atoms with Gasteiger partial charge in [0, 0.05) is 17.6 Å². The van der Waals surface area contributed by atoms with Crippen LogP contribution in [0, 0.1) is 6.92 Å². The molecule has 1 saturated heterocycles. The quantitative estimate of drug-likeness (QED) is 0.897. The second kappa shape index (κ2) is 5.65. The van der Waals surface area contributed by atoms with Crippen molar-refractivity contribution in [1.82, 2.24) is 10.6 Å². The predicted molar refractivity (Wildman–Crippen MR) is 71.8 cm³/mol. The second-order valence-corrected chi connectivity index (χ2v) is 5.32. The minimum Gasteiger partial charge on any atom is -0.355 e. The summed E-state index contributed by atoms with van der Waals surface area (Å²) in [5.74, 6) is 0.125. The Balaban J connectivity index is 1.95. The number of hydrogen-bond acceptors (Lipinski definition) is 2. The molecule has 0 bridgehead atoms. The van der Waals surface area contributed by atoms with Gasteiger partial charge in [0.15, 0.2) is 0 Å². The van der Waals surface area contributed by atoms with Gasteiger partial charge in [-0.3, -0.25) is 4.79 Å². The van der Waals surface area contributed by atoms with Gasteiger partial charge >= 0.3 is 0 Å². The summed E-state index contributed by atoms with van der Waals surface area (Å²) in [7, 11) is 0. The maximum absolute atomic E-state index is 11.6. The monoisotopic (exact) mass is 296 g/mol. The van der Waals surface area contributed by atoms with Crippen LogP contribution in [0.25, 0.3) is 0 Å². The van der Waals surface area contributed by atoms with Crippen LogP contribution in [0.1, 0.15) is 24.0 Å². The molecule has 0 aliphatic carbocycles. The van der Waals surface area contributed by atoms with Crippen LogP contribution in [-0.4, -0.2) is 18.5 Å². The van der Waals surface area contributed by atoms with Crippen molar-refractivity contribution < 1.29 is 4.79 Å². The number of nitrogens with one attached hydrogen (secondary N) is 2. The summed E-state index contributed by atoms with van der Waals surface area (Å²) in [4.78, 5) is 11.6. The third-order valence-electron chi connectivity index (χ3n) is 3.03. The van der Waals surface area contributed by atoms with E-state index in [0.29, 0.717) is 0 Å². The summed E-state index contributed by atoms with van der Waals surface area (Å²) >= 11 is 3.55. The van der Waals surface area contributed by atoms with E-state index >= 15 is 0 Å². The summed E-state index contributed by atoms with van der Waals surface area (Å²) in [6.07, 6.45) is 1.98. The van der Waals surface area contributed by atoms with Crippen LogP contribution in [-0.2, 0) is 11.3 Å². The van der Waals surface area contributed by atoms with E-state index in [0.717, 1.165) is 30.4 Å². The molecule has 0 spiro atoms. The molecule has 1 heterocycles. The van der Waals surface area contributed by atoms with E-state index in [2.05, 4.69) is 51.7 Å². The molecule has 0 aromatic heterocycles. The first kappa shape index (κ1) is 12.6. The van der Waals surface area contributed by atoms with Crippen LogP contribution in [0.5, 0.6) is 0 Å². The highest BCUT2D eigenvalue weighted by Crippen LogP contribution is 2.18. The Morgan fingerprint density at radius 2 is 2.35 bits per heavy atom. The van der Waals surface area contributed by atoms with Crippen LogP contribution >= 0.6 is 15.9 Å². The molecule has 1 amide bonds. The Kier molecular flexibility index (Phi) is 4.18. The SMILES string of the molecule is Cc1ccc(CNC2CCCNC2=O)c(Br)c1. The van der Waals surface area contributed by atoms with Gasteiger partial charge in [-0.1, -0.05) is 28.1 Å². The molecule has 0 radical (unpaired) electrons. The van der Waals surface area contributed by atoms with Crippen LogP contribution in [0.2, 0.25) is 0 Å². The third-order valence-corrected chi connectivity index (χ3v) is 3.77. The van der Waals surface area contributed by atoms with Gasteiger partial charge in [0.2, 0.25) is 5.91 Å². The summed E-state index contributed by atoms with van der Waals surface area (Å²) in [5, 5.41) is 6.18. The van der Waals surface area contributed by atoms with E-state index in [-0.39, 0.29) is 11.9 Å². The Morgan fingerprint density at radius 3 is 3.06 bits per heavy atom. The Hall–Kier alpha value is -0.870. The maximum atomic E-state index is 11.6. The fraction of sp³-hybridized carbons (Fsp3) is 0.462. The molecule has 1 aromatic rings. The topological polar surface area (TPSA) is 41.1 Å². The predicted octanol–water partition coefficient (Wildman–Crippen LogP) is 2.13. The first-order valence-electron chi connectivity index (χ1n) is 5.93. The Bertz CT molecular complexity index is 420. The molecule has 1 atom stereocenters. The fourth-order valence-electron chi connectivity index (χ4n) is 2.00. The third kappa shape index (κ3) is 3.30. The molecule has 1 unspecified atom stereocenters. The number of rotatable bonds is 3. The fourth-order valence-corrected chi connectivity index (χ4v) is 2.63. The molecular formula is C13H17BrN2O. The standard InChI is InChI=1S/C13H17BrN2O/c1-9-4-5-10(11(14)7-9)8-16-12-3-2-6-15-13(12)17/h4-5,7,12,16H,2-3,6,8H2,1H3,(H,15,17). The molecule has 1 aromatic carbocycles. The van der Waals surface area contributed by atoms with E-state index in [4.69, 9.17) is 0 Å². The Labute approximate surface area is 110 Å². The van der Waals surface area contributed by atoms with E-state index in [1.165, 1.54) is 11.1 Å². The normalized spacial score (nSPS) is 20.1. The minimum absolute atomic E-state index is 0.0445. The van der Waals surface area contributed by atoms with Gasteiger partial charge in [-0.15, -0.1) is 0 Å². The van der Waals surface area contributed by atoms with Gasteiger partial charge in [0.05, 0.1) is 6.04 Å². The average molecular weight is 297 g/mol. The van der Waals surface area contributed by atoms with Crippen LogP contribution in [0.4, 0.5) is 0 Å². The number of aryl methyl sites for hydroxylation is 1. The van der Waals surface area contributed by atoms with Crippen molar-refractivity contribution in [3.63, 3.8) is 0 Å². The van der Waals surface area contributed by atoms with Gasteiger partial charge < -0.3 is 10.6 Å². The van der Waals surface area contributed by atoms with Gasteiger partial charge in [0.1, 0.15) is 0 Å². The summed E-state index contributed by atoms with van der Waals surface area (Å²) in [6.45, 7) is 3.60. The first-order chi connectivity index (χ1) is 8.16. The first-order valence-corrected chi connectivity index (χ1v) is 6.72. The molecule has 3 nitrogen and oxygen atoms in total. The number of halogens is 1. The molecular weight excluding hydrogens is 280 g/mol. The Morgan fingerprint density at radius 1 is 1.53 bits per heavy atom. The molecule has 17 heavy (non-hydrogen) atoms. The van der Waals surface area contributed by atoms with Gasteiger partial charge in [0.25, 0.3) is 0 Å². The van der Waals surface area contributed by atoms with Crippen LogP contribution in [0.3, 0.4) is 0 Å². The van der Waals surface area contributed by atoms with Gasteiger partial charge in [-0.25, -0.2) is 0 Å². The number of amides is 1. The molecule has 1 aliphatic rings. The summed E-state index contributed by atoms with van der Waals surface area (Å²) < 4.78 is 1.10. The van der Waals surface area contributed by atoms with Gasteiger partial charge in [-0.2, -0.15) is 0 Å². The van der Waals surface area contributed by atoms with E-state index in [1.807, 2.05) is 0 Å². The van der Waals surface area contributed by atoms with Crippen molar-refractivity contribution >= 4 is 21.8 Å². The minimum atomic E-state index is -0.0445. The van der Waals surface area contributed by atoms with Gasteiger partial charge in [-0.05, 0) is 37.0 Å². The molecule has 92 valence electrons.